The number of carbonyl (C=O) groups is 1. The van der Waals surface area contributed by atoms with Crippen LogP contribution < -0.4 is 4.74 Å². The smallest absolute Gasteiger partial charge is 0.289 e. The molecule has 2 heterocycles. The number of furan rings is 1. The lowest BCUT2D eigenvalue weighted by molar-refractivity contribution is 0.0351. The number of nitrogens with zero attached hydrogens (tertiary/aromatic N) is 2. The van der Waals surface area contributed by atoms with E-state index >= 15 is 0 Å². The van der Waals surface area contributed by atoms with Gasteiger partial charge < -0.3 is 14.1 Å². The van der Waals surface area contributed by atoms with Gasteiger partial charge in [-0.25, -0.2) is 0 Å². The average molecular weight is 365 g/mol. The number of fused-ring (bicyclic) bond motifs is 1. The Morgan fingerprint density at radius 2 is 2.12 bits per heavy atom. The number of rotatable bonds is 4. The Hall–Kier alpha value is -1.72. The summed E-state index contributed by atoms with van der Waals surface area (Å²) in [4.78, 5) is 17.3. The van der Waals surface area contributed by atoms with Crippen LogP contribution in [0.2, 0.25) is 5.02 Å². The van der Waals surface area contributed by atoms with Crippen molar-refractivity contribution in [3.63, 3.8) is 0 Å². The highest BCUT2D eigenvalue weighted by molar-refractivity contribution is 6.31. The molecule has 5 nitrogen and oxygen atoms in total. The molecule has 0 radical (unpaired) electrons. The molecule has 1 fully saturated rings. The van der Waals surface area contributed by atoms with Crippen molar-refractivity contribution in [1.82, 2.24) is 9.80 Å². The highest BCUT2D eigenvalue weighted by Gasteiger charge is 2.31. The summed E-state index contributed by atoms with van der Waals surface area (Å²) in [5.41, 5.74) is 0.558. The molecular weight excluding hydrogens is 340 g/mol. The van der Waals surface area contributed by atoms with E-state index in [-0.39, 0.29) is 5.91 Å². The molecule has 1 aromatic carbocycles. The first-order valence-electron chi connectivity index (χ1n) is 8.76. The molecule has 0 aliphatic carbocycles. The van der Waals surface area contributed by atoms with Crippen LogP contribution in [-0.2, 0) is 0 Å². The predicted molar refractivity (Wildman–Crippen MR) is 99.6 cm³/mol. The third kappa shape index (κ3) is 3.48. The summed E-state index contributed by atoms with van der Waals surface area (Å²) in [5.74, 6) is 0.803. The van der Waals surface area contributed by atoms with Crippen molar-refractivity contribution in [2.75, 3.05) is 26.7 Å². The average Bonchev–Trinajstić information content (AvgIpc) is 3.03. The van der Waals surface area contributed by atoms with Crippen LogP contribution in [0.25, 0.3) is 11.0 Å². The van der Waals surface area contributed by atoms with Gasteiger partial charge in [-0.15, -0.1) is 0 Å². The number of methoxy groups -OCH3 is 1. The fourth-order valence-electron chi connectivity index (χ4n) is 3.60. The first-order valence-corrected chi connectivity index (χ1v) is 9.14. The minimum absolute atomic E-state index is 0.0729. The minimum Gasteiger partial charge on any atom is -0.493 e. The molecule has 0 spiro atoms. The summed E-state index contributed by atoms with van der Waals surface area (Å²) in [5, 5.41) is 1.33. The fourth-order valence-corrected chi connectivity index (χ4v) is 3.81. The van der Waals surface area contributed by atoms with Gasteiger partial charge in [-0.3, -0.25) is 9.69 Å². The molecule has 1 amide bonds. The molecule has 1 saturated heterocycles. The van der Waals surface area contributed by atoms with E-state index in [1.165, 1.54) is 0 Å². The van der Waals surface area contributed by atoms with Gasteiger partial charge in [-0.1, -0.05) is 18.5 Å². The van der Waals surface area contributed by atoms with Gasteiger partial charge in [0.05, 0.1) is 7.11 Å². The number of benzene rings is 1. The van der Waals surface area contributed by atoms with Crippen LogP contribution in [0.3, 0.4) is 0 Å². The molecule has 0 saturated carbocycles. The SMILES string of the molecule is CCC1CN(C(=O)c2cc3cc(Cl)cc(OC)c3o2)CCN1C(C)C. The standard InChI is InChI=1S/C19H25ClN2O3/c1-5-15-11-21(6-7-22(15)12(2)3)19(23)17-9-13-8-14(20)10-16(24-4)18(13)25-17/h8-10,12,15H,5-7,11H2,1-4H3. The van der Waals surface area contributed by atoms with Gasteiger partial charge in [-0.05, 0) is 32.4 Å². The third-order valence-electron chi connectivity index (χ3n) is 4.93. The highest BCUT2D eigenvalue weighted by atomic mass is 35.5. The van der Waals surface area contributed by atoms with Gasteiger partial charge in [0.25, 0.3) is 5.91 Å². The Morgan fingerprint density at radius 1 is 1.36 bits per heavy atom. The van der Waals surface area contributed by atoms with Crippen LogP contribution in [0.5, 0.6) is 5.75 Å². The summed E-state index contributed by atoms with van der Waals surface area (Å²) in [7, 11) is 1.56. The normalized spacial score (nSPS) is 19.0. The van der Waals surface area contributed by atoms with Crippen molar-refractivity contribution >= 4 is 28.5 Å². The maximum atomic E-state index is 12.9. The predicted octanol–water partition coefficient (Wildman–Crippen LogP) is 4.04. The van der Waals surface area contributed by atoms with Crippen molar-refractivity contribution in [1.29, 1.82) is 0 Å². The lowest BCUT2D eigenvalue weighted by atomic mass is 10.1. The summed E-state index contributed by atoms with van der Waals surface area (Å²) in [6.45, 7) is 8.90. The minimum atomic E-state index is -0.0729. The number of carbonyl (C=O) groups excluding carboxylic acids is 1. The molecule has 136 valence electrons. The third-order valence-corrected chi connectivity index (χ3v) is 5.15. The van der Waals surface area contributed by atoms with E-state index in [0.717, 1.165) is 24.9 Å². The van der Waals surface area contributed by atoms with Crippen LogP contribution in [0.4, 0.5) is 0 Å². The monoisotopic (exact) mass is 364 g/mol. The van der Waals surface area contributed by atoms with Gasteiger partial charge in [0.1, 0.15) is 0 Å². The number of hydrogen-bond donors (Lipinski definition) is 0. The molecule has 6 heteroatoms. The number of amides is 1. The summed E-state index contributed by atoms with van der Waals surface area (Å²) < 4.78 is 11.1. The zero-order valence-corrected chi connectivity index (χ0v) is 16.0. The van der Waals surface area contributed by atoms with E-state index in [0.29, 0.717) is 40.7 Å². The van der Waals surface area contributed by atoms with Crippen molar-refractivity contribution in [3.8, 4) is 5.75 Å². The van der Waals surface area contributed by atoms with Crippen LogP contribution in [0.15, 0.2) is 22.6 Å². The number of ether oxygens (including phenoxy) is 1. The van der Waals surface area contributed by atoms with Gasteiger partial charge in [0, 0.05) is 48.2 Å². The molecule has 1 aliphatic rings. The van der Waals surface area contributed by atoms with Crippen molar-refractivity contribution in [2.45, 2.75) is 39.3 Å². The largest absolute Gasteiger partial charge is 0.493 e. The van der Waals surface area contributed by atoms with Crippen LogP contribution >= 0.6 is 11.6 Å². The number of halogens is 1. The van der Waals surface area contributed by atoms with E-state index < -0.39 is 0 Å². The van der Waals surface area contributed by atoms with E-state index in [1.807, 2.05) is 4.90 Å². The Balaban J connectivity index is 1.85. The highest BCUT2D eigenvalue weighted by Crippen LogP contribution is 2.33. The molecule has 0 bridgehead atoms. The van der Waals surface area contributed by atoms with Crippen LogP contribution in [-0.4, -0.2) is 54.5 Å². The van der Waals surface area contributed by atoms with E-state index in [4.69, 9.17) is 20.8 Å². The first kappa shape index (κ1) is 18.1. The van der Waals surface area contributed by atoms with E-state index in [1.54, 1.807) is 25.3 Å². The zero-order chi connectivity index (χ0) is 18.1. The summed E-state index contributed by atoms with van der Waals surface area (Å²) in [6.07, 6.45) is 1.02. The quantitative estimate of drug-likeness (QED) is 0.821. The molecule has 1 unspecified atom stereocenters. The lowest BCUT2D eigenvalue weighted by Gasteiger charge is -2.43. The Kier molecular flexibility index (Phi) is 5.25. The fraction of sp³-hybridized carbons (Fsp3) is 0.526. The Labute approximate surface area is 153 Å². The van der Waals surface area contributed by atoms with E-state index in [2.05, 4.69) is 25.7 Å². The molecule has 1 aliphatic heterocycles. The molecule has 3 rings (SSSR count). The molecule has 2 aromatic rings. The second kappa shape index (κ2) is 7.26. The first-order chi connectivity index (χ1) is 11.9. The molecule has 1 aromatic heterocycles. The summed E-state index contributed by atoms with van der Waals surface area (Å²) >= 11 is 6.10. The second-order valence-electron chi connectivity index (χ2n) is 6.78. The molecule has 0 N–H and O–H groups in total. The maximum absolute atomic E-state index is 12.9. The van der Waals surface area contributed by atoms with Gasteiger partial charge >= 0.3 is 0 Å². The molecule has 1 atom stereocenters. The number of hydrogen-bond acceptors (Lipinski definition) is 4. The Bertz CT molecular complexity index is 771. The molecule has 25 heavy (non-hydrogen) atoms. The van der Waals surface area contributed by atoms with E-state index in [9.17, 15) is 4.79 Å². The topological polar surface area (TPSA) is 45.9 Å². The van der Waals surface area contributed by atoms with Crippen LogP contribution in [0, 0.1) is 0 Å². The van der Waals surface area contributed by atoms with Crippen molar-refractivity contribution in [3.05, 3.63) is 29.0 Å². The summed E-state index contributed by atoms with van der Waals surface area (Å²) in [6, 6.07) is 6.09. The van der Waals surface area contributed by atoms with Gasteiger partial charge in [0.2, 0.25) is 0 Å². The van der Waals surface area contributed by atoms with Crippen molar-refractivity contribution < 1.29 is 13.9 Å². The molecular formula is C19H25ClN2O3. The van der Waals surface area contributed by atoms with Gasteiger partial charge in [0.15, 0.2) is 17.1 Å². The lowest BCUT2D eigenvalue weighted by Crippen LogP contribution is -2.56. The number of piperazine rings is 1. The van der Waals surface area contributed by atoms with Crippen molar-refractivity contribution in [2.24, 2.45) is 0 Å². The second-order valence-corrected chi connectivity index (χ2v) is 7.22. The van der Waals surface area contributed by atoms with Gasteiger partial charge in [-0.2, -0.15) is 0 Å². The van der Waals surface area contributed by atoms with Crippen LogP contribution in [0.1, 0.15) is 37.7 Å². The Morgan fingerprint density at radius 3 is 2.76 bits per heavy atom. The maximum Gasteiger partial charge on any atom is 0.289 e. The zero-order valence-electron chi connectivity index (χ0n) is 15.2.